The number of H-pyrrole nitrogens is 1. The van der Waals surface area contributed by atoms with Crippen molar-refractivity contribution in [1.29, 1.82) is 0 Å². The van der Waals surface area contributed by atoms with Crippen LogP contribution in [0.15, 0.2) is 18.3 Å². The molecule has 2 aromatic heterocycles. The number of aromatic nitrogens is 3. The first kappa shape index (κ1) is 10.6. The molecule has 0 amide bonds. The Bertz CT molecular complexity index is 533. The van der Waals surface area contributed by atoms with Crippen LogP contribution in [0.4, 0.5) is 0 Å². The van der Waals surface area contributed by atoms with E-state index in [1.807, 2.05) is 0 Å². The van der Waals surface area contributed by atoms with E-state index < -0.39 is 0 Å². The maximum Gasteiger partial charge on any atom is 0.181 e. The van der Waals surface area contributed by atoms with Gasteiger partial charge in [0.25, 0.3) is 0 Å². The van der Waals surface area contributed by atoms with Gasteiger partial charge in [0.05, 0.1) is 0 Å². The fraction of sp³-hybridized carbons (Fsp3) is 0.100. The number of Topliss-reactive ketones (excluding diaryl/α,β-unsaturated/α-hetero) is 1. The third-order valence-electron chi connectivity index (χ3n) is 2.09. The minimum atomic E-state index is -0.279. The molecule has 0 atom stereocenters. The van der Waals surface area contributed by atoms with E-state index in [-0.39, 0.29) is 22.9 Å². The lowest BCUT2D eigenvalue weighted by atomic mass is 10.1. The van der Waals surface area contributed by atoms with E-state index in [0.29, 0.717) is 10.7 Å². The van der Waals surface area contributed by atoms with E-state index in [2.05, 4.69) is 15.2 Å². The summed E-state index contributed by atoms with van der Waals surface area (Å²) in [5.74, 6) is -0.449. The number of halogens is 1. The molecule has 0 aliphatic rings. The maximum absolute atomic E-state index is 11.1. The molecule has 0 aliphatic carbocycles. The molecule has 2 aromatic rings. The SMILES string of the molecule is CC(=O)c1[nH]nc(-c2ccc(Cl)nc2)c1O. The van der Waals surface area contributed by atoms with Crippen LogP contribution in [0.2, 0.25) is 5.15 Å². The Balaban J connectivity index is 2.49. The van der Waals surface area contributed by atoms with Crippen LogP contribution in [0.1, 0.15) is 17.4 Å². The van der Waals surface area contributed by atoms with Crippen molar-refractivity contribution in [3.63, 3.8) is 0 Å². The van der Waals surface area contributed by atoms with E-state index in [1.165, 1.54) is 13.1 Å². The third-order valence-corrected chi connectivity index (χ3v) is 2.32. The molecule has 0 fully saturated rings. The van der Waals surface area contributed by atoms with Gasteiger partial charge in [0, 0.05) is 18.7 Å². The number of rotatable bonds is 2. The van der Waals surface area contributed by atoms with E-state index in [1.54, 1.807) is 12.1 Å². The Morgan fingerprint density at radius 1 is 1.50 bits per heavy atom. The van der Waals surface area contributed by atoms with Crippen molar-refractivity contribution < 1.29 is 9.90 Å². The minimum Gasteiger partial charge on any atom is -0.504 e. The highest BCUT2D eigenvalue weighted by Crippen LogP contribution is 2.29. The number of nitrogens with one attached hydrogen (secondary N) is 1. The number of hydrogen-bond donors (Lipinski definition) is 2. The van der Waals surface area contributed by atoms with Gasteiger partial charge in [0.15, 0.2) is 11.5 Å². The second-order valence-electron chi connectivity index (χ2n) is 3.22. The topological polar surface area (TPSA) is 78.9 Å². The van der Waals surface area contributed by atoms with Crippen molar-refractivity contribution in [3.05, 3.63) is 29.2 Å². The summed E-state index contributed by atoms with van der Waals surface area (Å²) in [7, 11) is 0. The highest BCUT2D eigenvalue weighted by molar-refractivity contribution is 6.29. The zero-order valence-corrected chi connectivity index (χ0v) is 9.12. The summed E-state index contributed by atoms with van der Waals surface area (Å²) in [5, 5.41) is 16.4. The Labute approximate surface area is 96.1 Å². The van der Waals surface area contributed by atoms with E-state index >= 15 is 0 Å². The van der Waals surface area contributed by atoms with E-state index in [0.717, 1.165) is 0 Å². The van der Waals surface area contributed by atoms with Gasteiger partial charge in [-0.1, -0.05) is 11.6 Å². The summed E-state index contributed by atoms with van der Waals surface area (Å²) in [6.07, 6.45) is 1.47. The lowest BCUT2D eigenvalue weighted by molar-refractivity contribution is 0.101. The number of nitrogens with zero attached hydrogens (tertiary/aromatic N) is 2. The van der Waals surface area contributed by atoms with Gasteiger partial charge in [-0.25, -0.2) is 4.98 Å². The molecule has 6 heteroatoms. The standard InChI is InChI=1S/C10H8ClN3O2/c1-5(15)8-10(16)9(14-13-8)6-2-3-7(11)12-4-6/h2-4,16H,1H3,(H,13,14). The van der Waals surface area contributed by atoms with Crippen LogP contribution < -0.4 is 0 Å². The highest BCUT2D eigenvalue weighted by atomic mass is 35.5. The van der Waals surface area contributed by atoms with Crippen molar-refractivity contribution in [2.75, 3.05) is 0 Å². The predicted molar refractivity (Wildman–Crippen MR) is 58.5 cm³/mol. The first-order valence-corrected chi connectivity index (χ1v) is 4.87. The Hall–Kier alpha value is -1.88. The molecule has 0 radical (unpaired) electrons. The number of carbonyl (C=O) groups excluding carboxylic acids is 1. The Morgan fingerprint density at radius 3 is 2.75 bits per heavy atom. The largest absolute Gasteiger partial charge is 0.504 e. The predicted octanol–water partition coefficient (Wildman–Crippen LogP) is 2.03. The smallest absolute Gasteiger partial charge is 0.181 e. The van der Waals surface area contributed by atoms with Crippen LogP contribution in [0.25, 0.3) is 11.3 Å². The fourth-order valence-corrected chi connectivity index (χ4v) is 1.41. The van der Waals surface area contributed by atoms with Crippen LogP contribution in [0.3, 0.4) is 0 Å². The van der Waals surface area contributed by atoms with Crippen LogP contribution in [-0.4, -0.2) is 26.1 Å². The number of carbonyl (C=O) groups is 1. The van der Waals surface area contributed by atoms with Gasteiger partial charge in [0.2, 0.25) is 0 Å². The zero-order chi connectivity index (χ0) is 11.7. The molecule has 0 spiro atoms. The van der Waals surface area contributed by atoms with Gasteiger partial charge in [-0.3, -0.25) is 9.89 Å². The molecule has 0 saturated heterocycles. The molecule has 0 aromatic carbocycles. The molecule has 82 valence electrons. The van der Waals surface area contributed by atoms with Crippen molar-refractivity contribution >= 4 is 17.4 Å². The fourth-order valence-electron chi connectivity index (χ4n) is 1.30. The molecule has 2 heterocycles. The lowest BCUT2D eigenvalue weighted by Gasteiger charge is -1.97. The molecule has 2 N–H and O–H groups in total. The van der Waals surface area contributed by atoms with E-state index in [9.17, 15) is 9.90 Å². The van der Waals surface area contributed by atoms with Crippen LogP contribution >= 0.6 is 11.6 Å². The molecule has 0 unspecified atom stereocenters. The maximum atomic E-state index is 11.1. The minimum absolute atomic E-state index is 0.0879. The number of pyridine rings is 1. The average Bonchev–Trinajstić information content (AvgIpc) is 2.61. The number of hydrogen-bond acceptors (Lipinski definition) is 4. The number of aromatic amines is 1. The average molecular weight is 238 g/mol. The molecular formula is C10H8ClN3O2. The molecule has 0 saturated carbocycles. The highest BCUT2D eigenvalue weighted by Gasteiger charge is 2.16. The summed E-state index contributed by atoms with van der Waals surface area (Å²) in [4.78, 5) is 15.0. The summed E-state index contributed by atoms with van der Waals surface area (Å²) in [5.41, 5.74) is 0.963. The van der Waals surface area contributed by atoms with Crippen LogP contribution in [0.5, 0.6) is 5.75 Å². The van der Waals surface area contributed by atoms with Crippen molar-refractivity contribution in [2.24, 2.45) is 0 Å². The third kappa shape index (κ3) is 1.77. The van der Waals surface area contributed by atoms with E-state index in [4.69, 9.17) is 11.6 Å². The molecule has 5 nitrogen and oxygen atoms in total. The van der Waals surface area contributed by atoms with Gasteiger partial charge in [-0.2, -0.15) is 5.10 Å². The van der Waals surface area contributed by atoms with Gasteiger partial charge >= 0.3 is 0 Å². The molecule has 0 aliphatic heterocycles. The first-order chi connectivity index (χ1) is 7.59. The van der Waals surface area contributed by atoms with Crippen molar-refractivity contribution in [2.45, 2.75) is 6.92 Å². The van der Waals surface area contributed by atoms with Crippen LogP contribution in [-0.2, 0) is 0 Å². The molecule has 16 heavy (non-hydrogen) atoms. The Morgan fingerprint density at radius 2 is 2.25 bits per heavy atom. The molecule has 2 rings (SSSR count). The van der Waals surface area contributed by atoms with Gasteiger partial charge < -0.3 is 5.11 Å². The second-order valence-corrected chi connectivity index (χ2v) is 3.61. The summed E-state index contributed by atoms with van der Waals surface area (Å²) in [6, 6.07) is 3.24. The second kappa shape index (κ2) is 3.94. The number of ketones is 1. The summed E-state index contributed by atoms with van der Waals surface area (Å²) < 4.78 is 0. The summed E-state index contributed by atoms with van der Waals surface area (Å²) >= 11 is 5.64. The van der Waals surface area contributed by atoms with Gasteiger partial charge in [-0.05, 0) is 12.1 Å². The molecule has 0 bridgehead atoms. The van der Waals surface area contributed by atoms with Crippen LogP contribution in [0, 0.1) is 0 Å². The summed E-state index contributed by atoms with van der Waals surface area (Å²) in [6.45, 7) is 1.34. The molecular weight excluding hydrogens is 230 g/mol. The monoisotopic (exact) mass is 237 g/mol. The number of aromatic hydroxyl groups is 1. The quantitative estimate of drug-likeness (QED) is 0.619. The normalized spacial score (nSPS) is 10.4. The van der Waals surface area contributed by atoms with Gasteiger partial charge in [0.1, 0.15) is 16.5 Å². The van der Waals surface area contributed by atoms with Crippen molar-refractivity contribution in [1.82, 2.24) is 15.2 Å². The zero-order valence-electron chi connectivity index (χ0n) is 8.36. The van der Waals surface area contributed by atoms with Crippen molar-refractivity contribution in [3.8, 4) is 17.0 Å². The van der Waals surface area contributed by atoms with Gasteiger partial charge in [-0.15, -0.1) is 0 Å². The lowest BCUT2D eigenvalue weighted by Crippen LogP contribution is -1.91. The Kier molecular flexibility index (Phi) is 2.62. The first-order valence-electron chi connectivity index (χ1n) is 4.50.